The van der Waals surface area contributed by atoms with Gasteiger partial charge in [-0.2, -0.15) is 0 Å². The molecule has 1 heterocycles. The van der Waals surface area contributed by atoms with Crippen molar-refractivity contribution >= 4 is 16.9 Å². The number of amidine groups is 1. The molecule has 0 bridgehead atoms. The highest BCUT2D eigenvalue weighted by Gasteiger charge is 2.30. The Morgan fingerprint density at radius 3 is 2.16 bits per heavy atom. The minimum absolute atomic E-state index is 0.101. The lowest BCUT2D eigenvalue weighted by Crippen LogP contribution is -2.46. The molecule has 19 heavy (non-hydrogen) atoms. The van der Waals surface area contributed by atoms with Gasteiger partial charge in [-0.3, -0.25) is 4.99 Å². The van der Waals surface area contributed by atoms with E-state index in [4.69, 9.17) is 4.99 Å². The zero-order valence-corrected chi connectivity index (χ0v) is 14.9. The van der Waals surface area contributed by atoms with Crippen LogP contribution in [0.3, 0.4) is 0 Å². The SMILES string of the molecule is CC(C)(C)CC(C)(C)NC1=NC(C(C)(C)C)CCS1. The van der Waals surface area contributed by atoms with E-state index in [9.17, 15) is 0 Å². The predicted octanol–water partition coefficient (Wildman–Crippen LogP) is 4.70. The number of thioether (sulfide) groups is 1. The molecule has 1 atom stereocenters. The van der Waals surface area contributed by atoms with Gasteiger partial charge in [0.2, 0.25) is 0 Å². The maximum atomic E-state index is 4.94. The first kappa shape index (κ1) is 16.9. The molecule has 0 aliphatic carbocycles. The average molecular weight is 285 g/mol. The van der Waals surface area contributed by atoms with Crippen molar-refractivity contribution in [3.63, 3.8) is 0 Å². The average Bonchev–Trinajstić information content (AvgIpc) is 2.11. The summed E-state index contributed by atoms with van der Waals surface area (Å²) in [5.74, 6) is 1.18. The maximum Gasteiger partial charge on any atom is 0.157 e. The van der Waals surface area contributed by atoms with E-state index in [-0.39, 0.29) is 11.0 Å². The Hall–Kier alpha value is -0.180. The van der Waals surface area contributed by atoms with E-state index >= 15 is 0 Å². The first-order valence-electron chi connectivity index (χ1n) is 7.38. The standard InChI is InChI=1S/C16H32N2S/c1-14(2,3)11-16(7,8)18-13-17-12(9-10-19-13)15(4,5)6/h12H,9-11H2,1-8H3,(H,17,18). The van der Waals surface area contributed by atoms with Crippen LogP contribution in [-0.4, -0.2) is 22.5 Å². The minimum atomic E-state index is 0.101. The van der Waals surface area contributed by atoms with Gasteiger partial charge in [0.15, 0.2) is 5.17 Å². The van der Waals surface area contributed by atoms with Gasteiger partial charge in [0.1, 0.15) is 0 Å². The first-order chi connectivity index (χ1) is 8.39. The van der Waals surface area contributed by atoms with E-state index in [1.165, 1.54) is 12.2 Å². The summed E-state index contributed by atoms with van der Waals surface area (Å²) >= 11 is 1.87. The van der Waals surface area contributed by atoms with Crippen LogP contribution in [0.4, 0.5) is 0 Å². The van der Waals surface area contributed by atoms with Crippen molar-refractivity contribution < 1.29 is 0 Å². The highest BCUT2D eigenvalue weighted by Crippen LogP contribution is 2.32. The van der Waals surface area contributed by atoms with E-state index in [1.807, 2.05) is 11.8 Å². The predicted molar refractivity (Wildman–Crippen MR) is 89.0 cm³/mol. The molecule has 1 rings (SSSR count). The minimum Gasteiger partial charge on any atom is -0.360 e. The fraction of sp³-hybridized carbons (Fsp3) is 0.938. The summed E-state index contributed by atoms with van der Waals surface area (Å²) in [5, 5.41) is 4.81. The van der Waals surface area contributed by atoms with Crippen LogP contribution in [0, 0.1) is 10.8 Å². The van der Waals surface area contributed by atoms with Gasteiger partial charge in [-0.05, 0) is 37.5 Å². The Labute approximate surface area is 124 Å². The first-order valence-corrected chi connectivity index (χ1v) is 8.36. The Balaban J connectivity index is 2.73. The highest BCUT2D eigenvalue weighted by atomic mass is 32.2. The number of rotatable bonds is 2. The van der Waals surface area contributed by atoms with Gasteiger partial charge in [-0.15, -0.1) is 0 Å². The van der Waals surface area contributed by atoms with Crippen LogP contribution >= 0.6 is 11.8 Å². The van der Waals surface area contributed by atoms with Crippen LogP contribution in [0.15, 0.2) is 4.99 Å². The second kappa shape index (κ2) is 5.67. The van der Waals surface area contributed by atoms with Crippen molar-refractivity contribution in [1.29, 1.82) is 0 Å². The summed E-state index contributed by atoms with van der Waals surface area (Å²) in [7, 11) is 0. The smallest absolute Gasteiger partial charge is 0.157 e. The molecule has 0 fully saturated rings. The molecule has 0 radical (unpaired) electrons. The van der Waals surface area contributed by atoms with Gasteiger partial charge in [0, 0.05) is 11.3 Å². The molecular weight excluding hydrogens is 252 g/mol. The third-order valence-electron chi connectivity index (χ3n) is 3.32. The van der Waals surface area contributed by atoms with Crippen molar-refractivity contribution in [2.24, 2.45) is 15.8 Å². The molecule has 1 aliphatic rings. The summed E-state index contributed by atoms with van der Waals surface area (Å²) in [5.41, 5.74) is 0.700. The number of aliphatic imine (C=N–C) groups is 1. The van der Waals surface area contributed by atoms with Crippen LogP contribution in [0.1, 0.15) is 68.2 Å². The molecule has 0 aromatic rings. The summed E-state index contributed by atoms with van der Waals surface area (Å²) in [6.07, 6.45) is 2.33. The zero-order chi connectivity index (χ0) is 14.9. The highest BCUT2D eigenvalue weighted by molar-refractivity contribution is 8.13. The van der Waals surface area contributed by atoms with E-state index in [2.05, 4.69) is 60.7 Å². The topological polar surface area (TPSA) is 24.4 Å². The lowest BCUT2D eigenvalue weighted by molar-refractivity contribution is 0.266. The third kappa shape index (κ3) is 6.20. The second-order valence-corrected chi connectivity index (χ2v) is 9.78. The molecule has 1 N–H and O–H groups in total. The molecule has 112 valence electrons. The lowest BCUT2D eigenvalue weighted by Gasteiger charge is -2.37. The molecule has 3 heteroatoms. The van der Waals surface area contributed by atoms with Crippen LogP contribution in [0.2, 0.25) is 0 Å². The molecule has 0 saturated heterocycles. The van der Waals surface area contributed by atoms with E-state index in [1.54, 1.807) is 0 Å². The fourth-order valence-corrected chi connectivity index (χ4v) is 3.95. The second-order valence-electron chi connectivity index (χ2n) is 8.70. The molecule has 1 aliphatic heterocycles. The van der Waals surface area contributed by atoms with Crippen molar-refractivity contribution in [3.8, 4) is 0 Å². The summed E-state index contributed by atoms with van der Waals surface area (Å²) < 4.78 is 0. The van der Waals surface area contributed by atoms with Crippen molar-refractivity contribution in [2.75, 3.05) is 5.75 Å². The van der Waals surface area contributed by atoms with Crippen molar-refractivity contribution in [2.45, 2.75) is 79.8 Å². The summed E-state index contributed by atoms with van der Waals surface area (Å²) in [6.45, 7) is 18.3. The molecular formula is C16H32N2S. The largest absolute Gasteiger partial charge is 0.360 e. The maximum absolute atomic E-state index is 4.94. The van der Waals surface area contributed by atoms with E-state index < -0.39 is 0 Å². The molecule has 2 nitrogen and oxygen atoms in total. The van der Waals surface area contributed by atoms with Crippen LogP contribution in [0.5, 0.6) is 0 Å². The summed E-state index contributed by atoms with van der Waals surface area (Å²) in [6, 6.07) is 0.446. The van der Waals surface area contributed by atoms with Crippen molar-refractivity contribution in [1.82, 2.24) is 5.32 Å². The molecule has 0 amide bonds. The Morgan fingerprint density at radius 2 is 1.68 bits per heavy atom. The zero-order valence-electron chi connectivity index (χ0n) is 14.1. The summed E-state index contributed by atoms with van der Waals surface area (Å²) in [4.78, 5) is 4.94. The van der Waals surface area contributed by atoms with Crippen LogP contribution < -0.4 is 5.32 Å². The monoisotopic (exact) mass is 284 g/mol. The Bertz CT molecular complexity index is 332. The molecule has 0 aromatic carbocycles. The van der Waals surface area contributed by atoms with Gasteiger partial charge >= 0.3 is 0 Å². The fourth-order valence-electron chi connectivity index (χ4n) is 2.87. The molecule has 0 aromatic heterocycles. The van der Waals surface area contributed by atoms with E-state index in [0.717, 1.165) is 11.6 Å². The Morgan fingerprint density at radius 1 is 1.11 bits per heavy atom. The van der Waals surface area contributed by atoms with Crippen molar-refractivity contribution in [3.05, 3.63) is 0 Å². The van der Waals surface area contributed by atoms with Crippen LogP contribution in [-0.2, 0) is 0 Å². The molecule has 0 saturated carbocycles. The van der Waals surface area contributed by atoms with Gasteiger partial charge in [-0.1, -0.05) is 53.3 Å². The molecule has 1 unspecified atom stereocenters. The van der Waals surface area contributed by atoms with Gasteiger partial charge in [-0.25, -0.2) is 0 Å². The third-order valence-corrected chi connectivity index (χ3v) is 4.24. The van der Waals surface area contributed by atoms with Crippen LogP contribution in [0.25, 0.3) is 0 Å². The van der Waals surface area contributed by atoms with E-state index in [0.29, 0.717) is 11.5 Å². The van der Waals surface area contributed by atoms with Gasteiger partial charge < -0.3 is 5.32 Å². The number of hydrogen-bond acceptors (Lipinski definition) is 3. The number of nitrogens with one attached hydrogen (secondary N) is 1. The quantitative estimate of drug-likeness (QED) is 0.795. The van der Waals surface area contributed by atoms with Gasteiger partial charge in [0.05, 0.1) is 6.04 Å². The van der Waals surface area contributed by atoms with Gasteiger partial charge in [0.25, 0.3) is 0 Å². The normalized spacial score (nSPS) is 22.1. The Kier molecular flexibility index (Phi) is 5.03. The number of nitrogens with zero attached hydrogens (tertiary/aromatic N) is 1. The number of hydrogen-bond donors (Lipinski definition) is 1. The molecule has 0 spiro atoms. The lowest BCUT2D eigenvalue weighted by atomic mass is 9.82.